The van der Waals surface area contributed by atoms with Crippen molar-refractivity contribution in [2.24, 2.45) is 0 Å². The van der Waals surface area contributed by atoms with Gasteiger partial charge in [-0.05, 0) is 49.4 Å². The highest BCUT2D eigenvalue weighted by Crippen LogP contribution is 2.46. The highest BCUT2D eigenvalue weighted by atomic mass is 16.5. The van der Waals surface area contributed by atoms with Crippen LogP contribution in [0.25, 0.3) is 0 Å². The molecule has 2 aliphatic rings. The molecule has 21 heavy (non-hydrogen) atoms. The van der Waals surface area contributed by atoms with Gasteiger partial charge in [-0.25, -0.2) is 0 Å². The number of ether oxygens (including phenoxy) is 1. The molecular weight excluding hydrogens is 266 g/mol. The summed E-state index contributed by atoms with van der Waals surface area (Å²) < 4.78 is 5.35. The maximum atomic E-state index is 12.0. The molecule has 0 unspecified atom stereocenters. The van der Waals surface area contributed by atoms with Gasteiger partial charge in [0.2, 0.25) is 0 Å². The molecule has 1 aromatic rings. The van der Waals surface area contributed by atoms with Crippen molar-refractivity contribution in [2.45, 2.75) is 43.9 Å². The Morgan fingerprint density at radius 3 is 2.43 bits per heavy atom. The van der Waals surface area contributed by atoms with Crippen LogP contribution in [-0.4, -0.2) is 31.3 Å². The smallest absolute Gasteiger partial charge is 0.314 e. The second-order valence-electron chi connectivity index (χ2n) is 6.17. The predicted molar refractivity (Wildman–Crippen MR) is 82.2 cm³/mol. The van der Waals surface area contributed by atoms with E-state index >= 15 is 0 Å². The highest BCUT2D eigenvalue weighted by Gasteiger charge is 2.45. The number of carboxylic acid groups (broad SMARTS) is 1. The third kappa shape index (κ3) is 2.37. The van der Waals surface area contributed by atoms with Gasteiger partial charge < -0.3 is 14.7 Å². The summed E-state index contributed by atoms with van der Waals surface area (Å²) in [5.74, 6) is 0.0640. The van der Waals surface area contributed by atoms with Crippen LogP contribution in [0.3, 0.4) is 0 Å². The van der Waals surface area contributed by atoms with Crippen LogP contribution in [0.1, 0.15) is 44.1 Å². The number of hydrogen-bond acceptors (Lipinski definition) is 3. The molecule has 114 valence electrons. The van der Waals surface area contributed by atoms with Gasteiger partial charge >= 0.3 is 5.97 Å². The van der Waals surface area contributed by atoms with Crippen LogP contribution in [-0.2, 0) is 10.2 Å². The van der Waals surface area contributed by atoms with Gasteiger partial charge in [0.15, 0.2) is 0 Å². The SMILES string of the molecule is COc1ccc(N2CCCC2)c(C2(C(=O)O)CCCC2)c1. The van der Waals surface area contributed by atoms with Crippen LogP contribution < -0.4 is 9.64 Å². The van der Waals surface area contributed by atoms with Gasteiger partial charge in [0, 0.05) is 18.8 Å². The molecule has 4 heteroatoms. The molecule has 1 aromatic carbocycles. The molecule has 1 saturated carbocycles. The molecule has 1 N–H and O–H groups in total. The number of benzene rings is 1. The first kappa shape index (κ1) is 14.2. The molecule has 3 rings (SSSR count). The number of carbonyl (C=O) groups is 1. The summed E-state index contributed by atoms with van der Waals surface area (Å²) in [7, 11) is 1.64. The number of anilines is 1. The van der Waals surface area contributed by atoms with Crippen LogP contribution in [0, 0.1) is 0 Å². The monoisotopic (exact) mass is 289 g/mol. The molecule has 1 saturated heterocycles. The fourth-order valence-electron chi connectivity index (χ4n) is 3.84. The van der Waals surface area contributed by atoms with Crippen molar-refractivity contribution in [1.82, 2.24) is 0 Å². The van der Waals surface area contributed by atoms with E-state index in [1.165, 1.54) is 12.8 Å². The maximum Gasteiger partial charge on any atom is 0.314 e. The Bertz CT molecular complexity index is 529. The van der Waals surface area contributed by atoms with Crippen molar-refractivity contribution in [1.29, 1.82) is 0 Å². The van der Waals surface area contributed by atoms with Gasteiger partial charge in [0.25, 0.3) is 0 Å². The molecule has 1 aliphatic carbocycles. The van der Waals surface area contributed by atoms with Gasteiger partial charge in [0.1, 0.15) is 5.75 Å². The van der Waals surface area contributed by atoms with Crippen LogP contribution in [0.15, 0.2) is 18.2 Å². The van der Waals surface area contributed by atoms with Gasteiger partial charge in [-0.2, -0.15) is 0 Å². The summed E-state index contributed by atoms with van der Waals surface area (Å²) in [6.45, 7) is 2.05. The first-order valence-electron chi connectivity index (χ1n) is 7.84. The molecule has 0 atom stereocenters. The van der Waals surface area contributed by atoms with E-state index in [0.717, 1.165) is 55.8 Å². The zero-order valence-electron chi connectivity index (χ0n) is 12.6. The van der Waals surface area contributed by atoms with Gasteiger partial charge in [-0.15, -0.1) is 0 Å². The lowest BCUT2D eigenvalue weighted by Crippen LogP contribution is -2.35. The van der Waals surface area contributed by atoms with Crippen molar-refractivity contribution in [3.8, 4) is 5.75 Å². The van der Waals surface area contributed by atoms with E-state index in [1.807, 2.05) is 18.2 Å². The van der Waals surface area contributed by atoms with E-state index in [2.05, 4.69) is 4.90 Å². The van der Waals surface area contributed by atoms with E-state index in [-0.39, 0.29) is 0 Å². The molecule has 0 amide bonds. The first-order chi connectivity index (χ1) is 10.2. The minimum Gasteiger partial charge on any atom is -0.497 e. The zero-order valence-corrected chi connectivity index (χ0v) is 12.6. The van der Waals surface area contributed by atoms with E-state index in [4.69, 9.17) is 4.74 Å². The Morgan fingerprint density at radius 2 is 1.86 bits per heavy atom. The molecule has 4 nitrogen and oxygen atoms in total. The lowest BCUT2D eigenvalue weighted by molar-refractivity contribution is -0.143. The normalized spacial score (nSPS) is 20.7. The number of carboxylic acids is 1. The van der Waals surface area contributed by atoms with Crippen molar-refractivity contribution in [3.63, 3.8) is 0 Å². The number of hydrogen-bond donors (Lipinski definition) is 1. The third-order valence-electron chi connectivity index (χ3n) is 5.03. The van der Waals surface area contributed by atoms with Crippen molar-refractivity contribution in [3.05, 3.63) is 23.8 Å². The standard InChI is InChI=1S/C17H23NO3/c1-21-13-6-7-15(18-10-4-5-11-18)14(12-13)17(16(19)20)8-2-3-9-17/h6-7,12H,2-5,8-11H2,1H3,(H,19,20). The van der Waals surface area contributed by atoms with Gasteiger partial charge in [-0.3, -0.25) is 4.79 Å². The molecule has 2 fully saturated rings. The van der Waals surface area contributed by atoms with Crippen LogP contribution in [0.5, 0.6) is 5.75 Å². The molecule has 0 aromatic heterocycles. The lowest BCUT2D eigenvalue weighted by Gasteiger charge is -2.31. The fourth-order valence-corrected chi connectivity index (χ4v) is 3.84. The third-order valence-corrected chi connectivity index (χ3v) is 5.03. The van der Waals surface area contributed by atoms with Crippen molar-refractivity contribution in [2.75, 3.05) is 25.1 Å². The Labute approximate surface area is 125 Å². The Hall–Kier alpha value is -1.71. The quantitative estimate of drug-likeness (QED) is 0.925. The number of nitrogens with zero attached hydrogens (tertiary/aromatic N) is 1. The molecule has 0 spiro atoms. The topological polar surface area (TPSA) is 49.8 Å². The lowest BCUT2D eigenvalue weighted by atomic mass is 9.77. The maximum absolute atomic E-state index is 12.0. The van der Waals surface area contributed by atoms with Crippen molar-refractivity contribution < 1.29 is 14.6 Å². The molecule has 1 aliphatic heterocycles. The summed E-state index contributed by atoms with van der Waals surface area (Å²) >= 11 is 0. The molecule has 0 bridgehead atoms. The minimum absolute atomic E-state index is 0.686. The number of aliphatic carboxylic acids is 1. The Kier molecular flexibility index (Phi) is 3.79. The largest absolute Gasteiger partial charge is 0.497 e. The van der Waals surface area contributed by atoms with Gasteiger partial charge in [0.05, 0.1) is 12.5 Å². The summed E-state index contributed by atoms with van der Waals surface area (Å²) in [5, 5.41) is 9.89. The average Bonchev–Trinajstić information content (AvgIpc) is 3.18. The second kappa shape index (κ2) is 5.58. The first-order valence-corrected chi connectivity index (χ1v) is 7.84. The fraction of sp³-hybridized carbons (Fsp3) is 0.588. The highest BCUT2D eigenvalue weighted by molar-refractivity contribution is 5.85. The van der Waals surface area contributed by atoms with Crippen molar-refractivity contribution >= 4 is 11.7 Å². The summed E-state index contributed by atoms with van der Waals surface area (Å²) in [6.07, 6.45) is 5.82. The molecule has 0 radical (unpaired) electrons. The number of methoxy groups -OCH3 is 1. The minimum atomic E-state index is -0.730. The van der Waals surface area contributed by atoms with Gasteiger partial charge in [-0.1, -0.05) is 12.8 Å². The Morgan fingerprint density at radius 1 is 1.19 bits per heavy atom. The Balaban J connectivity index is 2.11. The van der Waals surface area contributed by atoms with E-state index in [9.17, 15) is 9.90 Å². The van der Waals surface area contributed by atoms with E-state index < -0.39 is 11.4 Å². The second-order valence-corrected chi connectivity index (χ2v) is 6.17. The van der Waals surface area contributed by atoms with E-state index in [1.54, 1.807) is 7.11 Å². The average molecular weight is 289 g/mol. The zero-order chi connectivity index (χ0) is 14.9. The summed E-state index contributed by atoms with van der Waals surface area (Å²) in [6, 6.07) is 5.94. The summed E-state index contributed by atoms with van der Waals surface area (Å²) in [5.41, 5.74) is 1.32. The van der Waals surface area contributed by atoms with Crippen LogP contribution in [0.2, 0.25) is 0 Å². The number of rotatable bonds is 4. The van der Waals surface area contributed by atoms with Crippen LogP contribution >= 0.6 is 0 Å². The molecular formula is C17H23NO3. The summed E-state index contributed by atoms with van der Waals surface area (Å²) in [4.78, 5) is 14.4. The predicted octanol–water partition coefficient (Wildman–Crippen LogP) is 3.19. The van der Waals surface area contributed by atoms with E-state index in [0.29, 0.717) is 0 Å². The van der Waals surface area contributed by atoms with Crippen LogP contribution in [0.4, 0.5) is 5.69 Å². The molecule has 1 heterocycles.